The van der Waals surface area contributed by atoms with E-state index in [1.807, 2.05) is 0 Å². The minimum absolute atomic E-state index is 0.716. The van der Waals surface area contributed by atoms with E-state index in [1.165, 1.54) is 140 Å². The number of aryl methyl sites for hydroxylation is 1. The van der Waals surface area contributed by atoms with Crippen LogP contribution in [0.4, 0.5) is 0 Å². The van der Waals surface area contributed by atoms with E-state index in [0.717, 1.165) is 47.9 Å². The molecule has 1 aromatic heterocycles. The molecule has 1 aromatic carbocycles. The van der Waals surface area contributed by atoms with Crippen LogP contribution in [0.15, 0.2) is 36.7 Å². The largest absolute Gasteiger partial charge is 0.493 e. The molecule has 1 heterocycles. The number of hydrogen-bond acceptors (Lipinski definition) is 3. The zero-order chi connectivity index (χ0) is 29.2. The highest BCUT2D eigenvalue weighted by Gasteiger charge is 2.22. The summed E-state index contributed by atoms with van der Waals surface area (Å²) in [6.07, 6.45) is 34.8. The van der Waals surface area contributed by atoms with Crippen molar-refractivity contribution in [3.8, 4) is 17.1 Å². The van der Waals surface area contributed by atoms with E-state index >= 15 is 0 Å². The van der Waals surface area contributed by atoms with E-state index < -0.39 is 0 Å². The summed E-state index contributed by atoms with van der Waals surface area (Å²) in [4.78, 5) is 9.44. The van der Waals surface area contributed by atoms with E-state index in [2.05, 4.69) is 50.5 Å². The summed E-state index contributed by atoms with van der Waals surface area (Å²) >= 11 is 0. The van der Waals surface area contributed by atoms with Crippen LogP contribution in [0, 0.1) is 23.7 Å². The fourth-order valence-electron chi connectivity index (χ4n) is 7.49. The Balaban J connectivity index is 1.08. The second kappa shape index (κ2) is 19.4. The topological polar surface area (TPSA) is 35.0 Å². The van der Waals surface area contributed by atoms with Crippen LogP contribution in [0.25, 0.3) is 11.4 Å². The monoisotopic (exact) mass is 574 g/mol. The van der Waals surface area contributed by atoms with E-state index in [9.17, 15) is 0 Å². The van der Waals surface area contributed by atoms with Crippen LogP contribution < -0.4 is 4.74 Å². The first-order chi connectivity index (χ1) is 20.7. The molecule has 0 amide bonds. The summed E-state index contributed by atoms with van der Waals surface area (Å²) in [6.45, 7) is 5.46. The first-order valence-corrected chi connectivity index (χ1v) is 18.3. The van der Waals surface area contributed by atoms with Crippen molar-refractivity contribution in [2.24, 2.45) is 23.7 Å². The van der Waals surface area contributed by atoms with Crippen LogP contribution >= 0.6 is 0 Å². The van der Waals surface area contributed by atoms with Crippen LogP contribution in [0.5, 0.6) is 5.75 Å². The molecule has 0 aliphatic heterocycles. The average Bonchev–Trinajstić information content (AvgIpc) is 3.04. The number of unbranched alkanes of at least 4 members (excludes halogenated alkanes) is 8. The van der Waals surface area contributed by atoms with Gasteiger partial charge in [0.15, 0.2) is 5.82 Å². The standard InChI is InChI=1S/C39H62N2O/c1-3-5-7-8-9-10-12-14-33-15-17-34(18-16-33)21-24-36-29-40-39(41-30-36)37-25-27-38(28-26-37)42-31-35-22-19-32(20-23-35)13-11-6-4-2/h25-30,32-35H,3-24,31H2,1-2H3/t32-,33-,34-,35-. The third kappa shape index (κ3) is 12.0. The van der Waals surface area contributed by atoms with Gasteiger partial charge in [0, 0.05) is 18.0 Å². The number of ether oxygens (including phenoxy) is 1. The van der Waals surface area contributed by atoms with Crippen molar-refractivity contribution in [3.05, 3.63) is 42.2 Å². The third-order valence-electron chi connectivity index (χ3n) is 10.5. The molecule has 2 aromatic rings. The highest BCUT2D eigenvalue weighted by Crippen LogP contribution is 2.35. The lowest BCUT2D eigenvalue weighted by Crippen LogP contribution is -2.20. The van der Waals surface area contributed by atoms with Gasteiger partial charge in [-0.2, -0.15) is 0 Å². The molecule has 2 saturated carbocycles. The van der Waals surface area contributed by atoms with Crippen molar-refractivity contribution in [3.63, 3.8) is 0 Å². The lowest BCUT2D eigenvalue weighted by atomic mass is 9.78. The smallest absolute Gasteiger partial charge is 0.159 e. The predicted octanol–water partition coefficient (Wildman–Crippen LogP) is 11.8. The lowest BCUT2D eigenvalue weighted by molar-refractivity contribution is 0.177. The number of benzene rings is 1. The van der Waals surface area contributed by atoms with Crippen molar-refractivity contribution >= 4 is 0 Å². The van der Waals surface area contributed by atoms with Crippen molar-refractivity contribution < 1.29 is 4.74 Å². The fourth-order valence-corrected chi connectivity index (χ4v) is 7.49. The summed E-state index contributed by atoms with van der Waals surface area (Å²) in [6, 6.07) is 8.40. The number of nitrogens with zero attached hydrogens (tertiary/aromatic N) is 2. The molecule has 0 spiro atoms. The number of hydrogen-bond donors (Lipinski definition) is 0. The summed E-state index contributed by atoms with van der Waals surface area (Å²) < 4.78 is 6.19. The molecule has 3 nitrogen and oxygen atoms in total. The highest BCUT2D eigenvalue weighted by molar-refractivity contribution is 5.55. The Labute approximate surface area is 259 Å². The fraction of sp³-hybridized carbons (Fsp3) is 0.744. The van der Waals surface area contributed by atoms with Crippen LogP contribution in [0.3, 0.4) is 0 Å². The van der Waals surface area contributed by atoms with E-state index in [-0.39, 0.29) is 0 Å². The Kier molecular flexibility index (Phi) is 15.2. The Bertz CT molecular complexity index is 939. The van der Waals surface area contributed by atoms with Crippen molar-refractivity contribution in [1.29, 1.82) is 0 Å². The lowest BCUT2D eigenvalue weighted by Gasteiger charge is -2.28. The molecular weight excluding hydrogens is 512 g/mol. The number of aromatic nitrogens is 2. The second-order valence-corrected chi connectivity index (χ2v) is 14.0. The quantitative estimate of drug-likeness (QED) is 0.157. The van der Waals surface area contributed by atoms with Gasteiger partial charge in [0.25, 0.3) is 0 Å². The minimum atomic E-state index is 0.716. The highest BCUT2D eigenvalue weighted by atomic mass is 16.5. The Hall–Kier alpha value is -1.90. The molecule has 3 heteroatoms. The Morgan fingerprint density at radius 1 is 0.571 bits per heavy atom. The van der Waals surface area contributed by atoms with Crippen LogP contribution in [-0.4, -0.2) is 16.6 Å². The SMILES string of the molecule is CCCCCCCCC[C@H]1CC[C@H](CCc2cnc(-c3ccc(OC[C@H]4CC[C@H](CCCCC)CC4)cc3)nc2)CC1. The zero-order valence-corrected chi connectivity index (χ0v) is 27.3. The van der Waals surface area contributed by atoms with Crippen LogP contribution in [-0.2, 0) is 6.42 Å². The third-order valence-corrected chi connectivity index (χ3v) is 10.5. The van der Waals surface area contributed by atoms with E-state index in [4.69, 9.17) is 14.7 Å². The molecule has 0 saturated heterocycles. The molecule has 0 radical (unpaired) electrons. The zero-order valence-electron chi connectivity index (χ0n) is 27.3. The maximum atomic E-state index is 6.19. The van der Waals surface area contributed by atoms with Gasteiger partial charge in [0.2, 0.25) is 0 Å². The van der Waals surface area contributed by atoms with Gasteiger partial charge in [-0.1, -0.05) is 129 Å². The van der Waals surface area contributed by atoms with E-state index in [1.54, 1.807) is 0 Å². The molecule has 2 fully saturated rings. The molecule has 0 atom stereocenters. The minimum Gasteiger partial charge on any atom is -0.493 e. The van der Waals surface area contributed by atoms with Gasteiger partial charge in [-0.05, 0) is 79.2 Å². The number of rotatable bonds is 19. The summed E-state index contributed by atoms with van der Waals surface area (Å²) in [5.41, 5.74) is 2.35. The summed E-state index contributed by atoms with van der Waals surface area (Å²) in [5, 5.41) is 0. The van der Waals surface area contributed by atoms with Gasteiger partial charge in [-0.25, -0.2) is 9.97 Å². The maximum Gasteiger partial charge on any atom is 0.159 e. The Morgan fingerprint density at radius 2 is 1.05 bits per heavy atom. The molecule has 42 heavy (non-hydrogen) atoms. The maximum absolute atomic E-state index is 6.19. The molecule has 4 rings (SSSR count). The second-order valence-electron chi connectivity index (χ2n) is 14.0. The van der Waals surface area contributed by atoms with Gasteiger partial charge in [-0.3, -0.25) is 0 Å². The molecular formula is C39H62N2O. The first kappa shape index (κ1) is 33.0. The Morgan fingerprint density at radius 3 is 1.64 bits per heavy atom. The van der Waals surface area contributed by atoms with Gasteiger partial charge >= 0.3 is 0 Å². The van der Waals surface area contributed by atoms with Gasteiger partial charge in [0.05, 0.1) is 6.61 Å². The normalized spacial score (nSPS) is 22.7. The van der Waals surface area contributed by atoms with Crippen LogP contribution in [0.2, 0.25) is 0 Å². The molecule has 0 N–H and O–H groups in total. The molecule has 0 bridgehead atoms. The summed E-state index contributed by atoms with van der Waals surface area (Å²) in [7, 11) is 0. The van der Waals surface area contributed by atoms with E-state index in [0.29, 0.717) is 5.92 Å². The van der Waals surface area contributed by atoms with Crippen molar-refractivity contribution in [1.82, 2.24) is 9.97 Å². The predicted molar refractivity (Wildman–Crippen MR) is 179 cm³/mol. The molecule has 234 valence electrons. The van der Waals surface area contributed by atoms with Crippen molar-refractivity contribution in [2.45, 2.75) is 155 Å². The van der Waals surface area contributed by atoms with Gasteiger partial charge < -0.3 is 4.74 Å². The van der Waals surface area contributed by atoms with Gasteiger partial charge in [-0.15, -0.1) is 0 Å². The molecule has 0 unspecified atom stereocenters. The summed E-state index contributed by atoms with van der Waals surface area (Å²) in [5.74, 6) is 5.35. The average molecular weight is 575 g/mol. The first-order valence-electron chi connectivity index (χ1n) is 18.3. The van der Waals surface area contributed by atoms with Crippen molar-refractivity contribution in [2.75, 3.05) is 6.61 Å². The van der Waals surface area contributed by atoms with Gasteiger partial charge in [0.1, 0.15) is 5.75 Å². The molecule has 2 aliphatic rings. The van der Waals surface area contributed by atoms with Crippen LogP contribution in [0.1, 0.15) is 154 Å². The molecule has 2 aliphatic carbocycles.